The number of hydrogen-bond donors (Lipinski definition) is 1. The first-order valence-corrected chi connectivity index (χ1v) is 8.95. The Bertz CT molecular complexity index is 1100. The van der Waals surface area contributed by atoms with Crippen LogP contribution >= 0.6 is 0 Å². The minimum absolute atomic E-state index is 0.0398. The lowest BCUT2D eigenvalue weighted by Gasteiger charge is -2.21. The summed E-state index contributed by atoms with van der Waals surface area (Å²) in [4.78, 5) is 43.5. The number of benzene rings is 1. The number of pyridine rings is 1. The van der Waals surface area contributed by atoms with Gasteiger partial charge < -0.3 is 19.5 Å². The average molecular weight is 408 g/mol. The van der Waals surface area contributed by atoms with Crippen molar-refractivity contribution < 1.29 is 29.0 Å². The monoisotopic (exact) mass is 408 g/mol. The Balaban J connectivity index is 1.99. The van der Waals surface area contributed by atoms with Gasteiger partial charge in [0, 0.05) is 24.4 Å². The number of ketones is 2. The van der Waals surface area contributed by atoms with Crippen LogP contribution in [-0.2, 0) is 19.1 Å². The zero-order valence-electron chi connectivity index (χ0n) is 16.9. The van der Waals surface area contributed by atoms with Crippen molar-refractivity contribution in [3.8, 4) is 5.75 Å². The summed E-state index contributed by atoms with van der Waals surface area (Å²) >= 11 is 0. The molecule has 1 aliphatic rings. The maximum atomic E-state index is 12.9. The summed E-state index contributed by atoms with van der Waals surface area (Å²) in [6, 6.07) is 7.58. The number of anilines is 1. The maximum Gasteiger partial charge on any atom is 0.261 e. The summed E-state index contributed by atoms with van der Waals surface area (Å²) in [6.07, 6.45) is 3.11. The molecule has 0 atom stereocenters. The Kier molecular flexibility index (Phi) is 5.68. The second-order valence-corrected chi connectivity index (χ2v) is 6.53. The van der Waals surface area contributed by atoms with Crippen LogP contribution in [-0.4, -0.2) is 48.8 Å². The smallest absolute Gasteiger partial charge is 0.261 e. The topological polar surface area (TPSA) is 106 Å². The quantitative estimate of drug-likeness (QED) is 0.758. The molecule has 1 aromatic carbocycles. The second-order valence-electron chi connectivity index (χ2n) is 6.53. The molecular weight excluding hydrogens is 388 g/mol. The third-order valence-electron chi connectivity index (χ3n) is 4.82. The molecule has 0 aliphatic heterocycles. The predicted octanol–water partition coefficient (Wildman–Crippen LogP) is 2.49. The SMILES string of the molecule is COC1=C(OC)C(=O)C(c2ccc(C(=O)N(C)c3cccnc3)c(O)c2)=C(C)C1=O. The number of rotatable bonds is 5. The minimum Gasteiger partial charge on any atom is -0.507 e. The first kappa shape index (κ1) is 20.8. The number of aromatic hydroxyl groups is 1. The Hall–Kier alpha value is -3.94. The number of Topliss-reactive ketones (excluding diaryl/α,β-unsaturated/α-hetero) is 2. The highest BCUT2D eigenvalue weighted by molar-refractivity contribution is 6.38. The molecular formula is C22H20N2O6. The summed E-state index contributed by atoms with van der Waals surface area (Å²) in [5.74, 6) is -2.19. The first-order chi connectivity index (χ1) is 14.3. The number of phenolic OH excluding ortho intramolecular Hbond substituents is 1. The van der Waals surface area contributed by atoms with Crippen LogP contribution in [0.2, 0.25) is 0 Å². The van der Waals surface area contributed by atoms with Gasteiger partial charge in [-0.1, -0.05) is 6.07 Å². The largest absolute Gasteiger partial charge is 0.507 e. The predicted molar refractivity (Wildman–Crippen MR) is 109 cm³/mol. The van der Waals surface area contributed by atoms with E-state index in [4.69, 9.17) is 9.47 Å². The molecule has 0 radical (unpaired) electrons. The number of allylic oxidation sites excluding steroid dienone is 2. The van der Waals surface area contributed by atoms with Crippen molar-refractivity contribution in [1.82, 2.24) is 4.98 Å². The number of methoxy groups -OCH3 is 2. The molecule has 8 nitrogen and oxygen atoms in total. The van der Waals surface area contributed by atoms with Crippen LogP contribution in [0, 0.1) is 0 Å². The third-order valence-corrected chi connectivity index (χ3v) is 4.82. The Labute approximate surface area is 173 Å². The van der Waals surface area contributed by atoms with E-state index in [9.17, 15) is 19.5 Å². The van der Waals surface area contributed by atoms with Gasteiger partial charge in [-0.15, -0.1) is 0 Å². The number of hydrogen-bond acceptors (Lipinski definition) is 7. The molecule has 0 saturated heterocycles. The van der Waals surface area contributed by atoms with Gasteiger partial charge in [0.15, 0.2) is 0 Å². The van der Waals surface area contributed by atoms with Gasteiger partial charge in [0.1, 0.15) is 5.75 Å². The number of carbonyl (C=O) groups is 3. The molecule has 3 rings (SSSR count). The lowest BCUT2D eigenvalue weighted by Crippen LogP contribution is -2.26. The van der Waals surface area contributed by atoms with Gasteiger partial charge in [0.25, 0.3) is 5.91 Å². The zero-order chi connectivity index (χ0) is 22.0. The fourth-order valence-corrected chi connectivity index (χ4v) is 3.21. The van der Waals surface area contributed by atoms with Crippen LogP contribution in [0.1, 0.15) is 22.8 Å². The molecule has 154 valence electrons. The average Bonchev–Trinajstić information content (AvgIpc) is 2.76. The molecule has 0 unspecified atom stereocenters. The number of ether oxygens (including phenoxy) is 2. The Morgan fingerprint density at radius 3 is 2.30 bits per heavy atom. The third kappa shape index (κ3) is 3.43. The summed E-state index contributed by atoms with van der Waals surface area (Å²) in [6.45, 7) is 1.49. The minimum atomic E-state index is -0.544. The van der Waals surface area contributed by atoms with E-state index < -0.39 is 17.5 Å². The zero-order valence-corrected chi connectivity index (χ0v) is 16.9. The number of nitrogens with zero attached hydrogens (tertiary/aromatic N) is 2. The van der Waals surface area contributed by atoms with E-state index in [1.807, 2.05) is 0 Å². The van der Waals surface area contributed by atoms with Crippen molar-refractivity contribution in [3.05, 3.63) is 70.9 Å². The molecule has 0 bridgehead atoms. The lowest BCUT2D eigenvalue weighted by molar-refractivity contribution is -0.119. The van der Waals surface area contributed by atoms with E-state index in [2.05, 4.69) is 4.98 Å². The Morgan fingerprint density at radius 1 is 1.07 bits per heavy atom. The van der Waals surface area contributed by atoms with Crippen molar-refractivity contribution in [2.75, 3.05) is 26.2 Å². The molecule has 1 N–H and O–H groups in total. The number of aromatic nitrogens is 1. The molecule has 8 heteroatoms. The summed E-state index contributed by atoms with van der Waals surface area (Å²) < 4.78 is 10.1. The van der Waals surface area contributed by atoms with E-state index in [0.717, 1.165) is 0 Å². The fraction of sp³-hybridized carbons (Fsp3) is 0.182. The molecule has 1 aliphatic carbocycles. The van der Waals surface area contributed by atoms with Gasteiger partial charge in [-0.25, -0.2) is 0 Å². The van der Waals surface area contributed by atoms with E-state index in [-0.39, 0.29) is 39.5 Å². The van der Waals surface area contributed by atoms with Crippen LogP contribution in [0.3, 0.4) is 0 Å². The Morgan fingerprint density at radius 2 is 1.73 bits per heavy atom. The molecule has 1 aromatic heterocycles. The molecule has 30 heavy (non-hydrogen) atoms. The number of phenols is 1. The van der Waals surface area contributed by atoms with Crippen LogP contribution in [0.25, 0.3) is 5.57 Å². The second kappa shape index (κ2) is 8.20. The van der Waals surface area contributed by atoms with Gasteiger partial charge >= 0.3 is 0 Å². The maximum absolute atomic E-state index is 12.9. The van der Waals surface area contributed by atoms with Crippen LogP contribution in [0.5, 0.6) is 5.75 Å². The molecule has 0 spiro atoms. The first-order valence-electron chi connectivity index (χ1n) is 8.95. The molecule has 0 fully saturated rings. The lowest BCUT2D eigenvalue weighted by atomic mass is 9.88. The fourth-order valence-electron chi connectivity index (χ4n) is 3.21. The standard InChI is InChI=1S/C22H20N2O6/c1-12-17(19(27)21(30-4)20(29-3)18(12)26)13-7-8-15(16(25)10-13)22(28)24(2)14-6-5-9-23-11-14/h5-11,25H,1-4H3. The molecule has 1 heterocycles. The van der Waals surface area contributed by atoms with Crippen molar-refractivity contribution in [1.29, 1.82) is 0 Å². The highest BCUT2D eigenvalue weighted by Crippen LogP contribution is 2.34. The number of amides is 1. The summed E-state index contributed by atoms with van der Waals surface area (Å²) in [5.41, 5.74) is 1.11. The molecule has 0 saturated carbocycles. The van der Waals surface area contributed by atoms with E-state index in [1.165, 1.54) is 50.4 Å². The van der Waals surface area contributed by atoms with Crippen molar-refractivity contribution in [2.24, 2.45) is 0 Å². The van der Waals surface area contributed by atoms with Gasteiger partial charge in [-0.2, -0.15) is 0 Å². The summed E-state index contributed by atoms with van der Waals surface area (Å²) in [5, 5.41) is 10.5. The van der Waals surface area contributed by atoms with E-state index in [0.29, 0.717) is 5.69 Å². The van der Waals surface area contributed by atoms with Crippen LogP contribution in [0.15, 0.2) is 59.8 Å². The molecule has 1 amide bonds. The molecule has 2 aromatic rings. The highest BCUT2D eigenvalue weighted by atomic mass is 16.5. The van der Waals surface area contributed by atoms with Gasteiger partial charge in [-0.05, 0) is 36.8 Å². The van der Waals surface area contributed by atoms with Gasteiger partial charge in [0.05, 0.1) is 31.7 Å². The van der Waals surface area contributed by atoms with Gasteiger partial charge in [-0.3, -0.25) is 19.4 Å². The van der Waals surface area contributed by atoms with Crippen molar-refractivity contribution >= 4 is 28.7 Å². The van der Waals surface area contributed by atoms with E-state index >= 15 is 0 Å². The summed E-state index contributed by atoms with van der Waals surface area (Å²) in [7, 11) is 4.11. The van der Waals surface area contributed by atoms with Crippen LogP contribution in [0.4, 0.5) is 5.69 Å². The van der Waals surface area contributed by atoms with Crippen molar-refractivity contribution in [2.45, 2.75) is 6.92 Å². The number of carbonyl (C=O) groups excluding carboxylic acids is 3. The van der Waals surface area contributed by atoms with E-state index in [1.54, 1.807) is 25.4 Å². The van der Waals surface area contributed by atoms with Crippen LogP contribution < -0.4 is 4.90 Å². The highest BCUT2D eigenvalue weighted by Gasteiger charge is 2.35. The van der Waals surface area contributed by atoms with Crippen molar-refractivity contribution in [3.63, 3.8) is 0 Å². The van der Waals surface area contributed by atoms with Gasteiger partial charge in [0.2, 0.25) is 23.1 Å². The normalized spacial score (nSPS) is 14.1.